The molecule has 2 amide bonds. The van der Waals surface area contributed by atoms with E-state index in [9.17, 15) is 9.59 Å². The number of nitrogens with zero attached hydrogens (tertiary/aromatic N) is 1. The molecule has 0 unspecified atom stereocenters. The predicted molar refractivity (Wildman–Crippen MR) is 138 cm³/mol. The highest BCUT2D eigenvalue weighted by Crippen LogP contribution is 2.60. The van der Waals surface area contributed by atoms with Gasteiger partial charge in [-0.05, 0) is 90.8 Å². The highest BCUT2D eigenvalue weighted by molar-refractivity contribution is 6.24. The Morgan fingerprint density at radius 2 is 1.74 bits per heavy atom. The Labute approximate surface area is 206 Å². The van der Waals surface area contributed by atoms with Crippen LogP contribution in [0.4, 0.5) is 5.69 Å². The number of aromatic nitrogens is 1. The van der Waals surface area contributed by atoms with E-state index in [1.54, 1.807) is 7.11 Å². The van der Waals surface area contributed by atoms with Crippen LogP contribution in [0.5, 0.6) is 5.75 Å². The van der Waals surface area contributed by atoms with Gasteiger partial charge in [0.1, 0.15) is 5.75 Å². The van der Waals surface area contributed by atoms with Gasteiger partial charge in [0.05, 0.1) is 24.6 Å². The number of methoxy groups -OCH3 is 1. The molecule has 0 bridgehead atoms. The summed E-state index contributed by atoms with van der Waals surface area (Å²) < 4.78 is 5.29. The number of nitrogens with one attached hydrogen (secondary N) is 1. The summed E-state index contributed by atoms with van der Waals surface area (Å²) >= 11 is 0. The minimum absolute atomic E-state index is 0.0461. The van der Waals surface area contributed by atoms with Crippen molar-refractivity contribution in [2.24, 2.45) is 23.2 Å². The molecule has 1 aliphatic heterocycles. The number of imide groups is 1. The molecule has 5 heteroatoms. The number of anilines is 1. The molecule has 2 fully saturated rings. The molecule has 0 radical (unpaired) electrons. The first kappa shape index (κ1) is 22.4. The Balaban J connectivity index is 1.51. The second-order valence-electron chi connectivity index (χ2n) is 11.9. The summed E-state index contributed by atoms with van der Waals surface area (Å²) in [6.45, 7) is 9.02. The number of ether oxygens (including phenoxy) is 1. The topological polar surface area (TPSA) is 62.4 Å². The van der Waals surface area contributed by atoms with Crippen LogP contribution in [0.25, 0.3) is 10.9 Å². The average molecular weight is 471 g/mol. The Hall–Kier alpha value is -3.08. The molecule has 35 heavy (non-hydrogen) atoms. The van der Waals surface area contributed by atoms with E-state index >= 15 is 0 Å². The number of carbonyl (C=O) groups is 2. The minimum atomic E-state index is -0.452. The quantitative estimate of drug-likeness (QED) is 0.446. The summed E-state index contributed by atoms with van der Waals surface area (Å²) in [6, 6.07) is 13.8. The SMILES string of the molecule is COc1ccc(N2C(=O)[C@@H]3[C@H]4C[C@H](C(C)(C)C)CC[C@@H]4c4c([nH]c5cc(C)ccc45)[C@H]3C2=O)cc1. The summed E-state index contributed by atoms with van der Waals surface area (Å²) in [5, 5.41) is 1.22. The highest BCUT2D eigenvalue weighted by atomic mass is 16.5. The number of H-pyrrole nitrogens is 1. The van der Waals surface area contributed by atoms with Crippen LogP contribution in [0.15, 0.2) is 42.5 Å². The van der Waals surface area contributed by atoms with Gasteiger partial charge in [0.15, 0.2) is 0 Å². The lowest BCUT2D eigenvalue weighted by Crippen LogP contribution is -2.41. The number of carbonyl (C=O) groups excluding carboxylic acids is 2. The third-order valence-electron chi connectivity index (χ3n) is 8.97. The average Bonchev–Trinajstić information content (AvgIpc) is 3.32. The zero-order chi connectivity index (χ0) is 24.6. The molecule has 5 nitrogen and oxygen atoms in total. The molecule has 6 rings (SSSR count). The molecule has 2 aliphatic carbocycles. The molecule has 0 spiro atoms. The molecular weight excluding hydrogens is 436 g/mol. The number of hydrogen-bond acceptors (Lipinski definition) is 3. The third-order valence-corrected chi connectivity index (χ3v) is 8.97. The molecule has 1 aromatic heterocycles. The van der Waals surface area contributed by atoms with E-state index in [0.717, 1.165) is 30.5 Å². The normalized spacial score (nSPS) is 28.1. The van der Waals surface area contributed by atoms with Crippen molar-refractivity contribution in [1.82, 2.24) is 4.98 Å². The highest BCUT2D eigenvalue weighted by Gasteiger charge is 2.59. The largest absolute Gasteiger partial charge is 0.497 e. The van der Waals surface area contributed by atoms with E-state index in [-0.39, 0.29) is 29.1 Å². The first-order chi connectivity index (χ1) is 16.7. The lowest BCUT2D eigenvalue weighted by atomic mass is 9.56. The van der Waals surface area contributed by atoms with Crippen LogP contribution in [0, 0.1) is 30.1 Å². The molecule has 3 aliphatic rings. The Kier molecular flexibility index (Phi) is 4.93. The second-order valence-corrected chi connectivity index (χ2v) is 11.9. The number of amides is 2. The van der Waals surface area contributed by atoms with Gasteiger partial charge in [-0.25, -0.2) is 4.90 Å². The fraction of sp³-hybridized carbons (Fsp3) is 0.467. The molecule has 1 N–H and O–H groups in total. The predicted octanol–water partition coefficient (Wildman–Crippen LogP) is 6.32. The van der Waals surface area contributed by atoms with Crippen molar-refractivity contribution in [3.05, 3.63) is 59.3 Å². The van der Waals surface area contributed by atoms with Crippen LogP contribution >= 0.6 is 0 Å². The lowest BCUT2D eigenvalue weighted by Gasteiger charge is -2.47. The molecule has 2 aromatic carbocycles. The second kappa shape index (κ2) is 7.71. The van der Waals surface area contributed by atoms with Crippen molar-refractivity contribution in [2.45, 2.75) is 58.8 Å². The minimum Gasteiger partial charge on any atom is -0.497 e. The Morgan fingerprint density at radius 1 is 1.00 bits per heavy atom. The van der Waals surface area contributed by atoms with E-state index in [2.05, 4.69) is 50.9 Å². The van der Waals surface area contributed by atoms with Crippen molar-refractivity contribution < 1.29 is 14.3 Å². The number of hydrogen-bond donors (Lipinski definition) is 1. The molecule has 3 aromatic rings. The van der Waals surface area contributed by atoms with Gasteiger partial charge in [0, 0.05) is 16.6 Å². The maximum Gasteiger partial charge on any atom is 0.243 e. The van der Waals surface area contributed by atoms with Crippen molar-refractivity contribution in [3.8, 4) is 5.75 Å². The first-order valence-corrected chi connectivity index (χ1v) is 12.8. The fourth-order valence-electron chi connectivity index (χ4n) is 7.16. The van der Waals surface area contributed by atoms with E-state index < -0.39 is 5.92 Å². The van der Waals surface area contributed by atoms with Crippen LogP contribution in [0.3, 0.4) is 0 Å². The monoisotopic (exact) mass is 470 g/mol. The number of benzene rings is 2. The maximum absolute atomic E-state index is 14.1. The Bertz CT molecular complexity index is 1330. The smallest absolute Gasteiger partial charge is 0.243 e. The van der Waals surface area contributed by atoms with Gasteiger partial charge in [0.2, 0.25) is 11.8 Å². The molecule has 1 saturated heterocycles. The van der Waals surface area contributed by atoms with Gasteiger partial charge in [-0.15, -0.1) is 0 Å². The summed E-state index contributed by atoms with van der Waals surface area (Å²) in [5.41, 5.74) is 5.34. The summed E-state index contributed by atoms with van der Waals surface area (Å²) in [4.78, 5) is 33.1. The zero-order valence-corrected chi connectivity index (χ0v) is 21.2. The van der Waals surface area contributed by atoms with Crippen molar-refractivity contribution in [3.63, 3.8) is 0 Å². The number of aromatic amines is 1. The van der Waals surface area contributed by atoms with Gasteiger partial charge >= 0.3 is 0 Å². The number of rotatable bonds is 2. The van der Waals surface area contributed by atoms with Crippen LogP contribution in [0.2, 0.25) is 0 Å². The summed E-state index contributed by atoms with van der Waals surface area (Å²) in [7, 11) is 1.61. The molecule has 5 atom stereocenters. The van der Waals surface area contributed by atoms with E-state index in [1.165, 1.54) is 21.4 Å². The standard InChI is InChI=1S/C30H34N2O3/c1-16-6-12-21-23(14-16)31-27-24(21)20-13-7-17(30(2,3)4)15-22(20)25-26(27)29(34)32(28(25)33)18-8-10-19(35-5)11-9-18/h6,8-12,14,17,20,22,25-26,31H,7,13,15H2,1-5H3/t17-,20+,22+,25-,26+/m1/s1. The van der Waals surface area contributed by atoms with Crippen molar-refractivity contribution in [2.75, 3.05) is 12.0 Å². The Morgan fingerprint density at radius 3 is 2.43 bits per heavy atom. The van der Waals surface area contributed by atoms with Crippen LogP contribution in [0.1, 0.15) is 68.7 Å². The van der Waals surface area contributed by atoms with Crippen LogP contribution in [-0.2, 0) is 9.59 Å². The molecule has 2 heterocycles. The third kappa shape index (κ3) is 3.27. The first-order valence-electron chi connectivity index (χ1n) is 12.8. The van der Waals surface area contributed by atoms with Gasteiger partial charge in [-0.2, -0.15) is 0 Å². The molecule has 182 valence electrons. The van der Waals surface area contributed by atoms with E-state index in [4.69, 9.17) is 4.74 Å². The number of fused-ring (bicyclic) bond motifs is 8. The fourth-order valence-corrected chi connectivity index (χ4v) is 7.16. The van der Waals surface area contributed by atoms with E-state index in [0.29, 0.717) is 23.3 Å². The van der Waals surface area contributed by atoms with Crippen molar-refractivity contribution in [1.29, 1.82) is 0 Å². The van der Waals surface area contributed by atoms with Crippen molar-refractivity contribution >= 4 is 28.4 Å². The van der Waals surface area contributed by atoms with Gasteiger partial charge < -0.3 is 9.72 Å². The summed E-state index contributed by atoms with van der Waals surface area (Å²) in [5.74, 6) is 0.796. The van der Waals surface area contributed by atoms with Gasteiger partial charge in [-0.1, -0.05) is 32.9 Å². The maximum atomic E-state index is 14.1. The molecular formula is C30H34N2O3. The summed E-state index contributed by atoms with van der Waals surface area (Å²) in [6.07, 6.45) is 3.21. The van der Waals surface area contributed by atoms with Crippen LogP contribution < -0.4 is 9.64 Å². The van der Waals surface area contributed by atoms with E-state index in [1.807, 2.05) is 24.3 Å². The lowest BCUT2D eigenvalue weighted by molar-refractivity contribution is -0.123. The zero-order valence-electron chi connectivity index (χ0n) is 21.2. The van der Waals surface area contributed by atoms with Gasteiger partial charge in [0.25, 0.3) is 0 Å². The van der Waals surface area contributed by atoms with Gasteiger partial charge in [-0.3, -0.25) is 9.59 Å². The van der Waals surface area contributed by atoms with Crippen LogP contribution in [-0.4, -0.2) is 23.9 Å². The number of aryl methyl sites for hydroxylation is 1. The molecule has 1 saturated carbocycles.